The number of hydrogen-bond acceptors (Lipinski definition) is 3. The van der Waals surface area contributed by atoms with Crippen LogP contribution in [0.15, 0.2) is 53.9 Å². The molecular formula is C17H17ClO3S. The lowest BCUT2D eigenvalue weighted by Gasteiger charge is -2.10. The smallest absolute Gasteiger partial charge is 0.174 e. The predicted molar refractivity (Wildman–Crippen MR) is 90.4 cm³/mol. The molecule has 0 aliphatic heterocycles. The molecular weight excluding hydrogens is 320 g/mol. The van der Waals surface area contributed by atoms with Crippen LogP contribution in [0.2, 0.25) is 5.02 Å². The lowest BCUT2D eigenvalue weighted by molar-refractivity contribution is 0.202. The van der Waals surface area contributed by atoms with Crippen molar-refractivity contribution in [2.24, 2.45) is 0 Å². The first-order valence-electron chi connectivity index (χ1n) is 6.77. The molecule has 0 aromatic heterocycles. The van der Waals surface area contributed by atoms with Crippen molar-refractivity contribution in [3.8, 4) is 0 Å². The first-order chi connectivity index (χ1) is 10.4. The summed E-state index contributed by atoms with van der Waals surface area (Å²) >= 11 is 5.77. The maximum Gasteiger partial charge on any atom is 0.174 e. The molecule has 0 aliphatic carbocycles. The van der Waals surface area contributed by atoms with Crippen molar-refractivity contribution >= 4 is 27.5 Å². The van der Waals surface area contributed by atoms with Gasteiger partial charge in [0, 0.05) is 10.4 Å². The molecule has 2 rings (SSSR count). The van der Waals surface area contributed by atoms with Gasteiger partial charge in [0.25, 0.3) is 0 Å². The van der Waals surface area contributed by atoms with Gasteiger partial charge in [-0.3, -0.25) is 0 Å². The van der Waals surface area contributed by atoms with E-state index in [0.717, 1.165) is 16.5 Å². The van der Waals surface area contributed by atoms with Crippen LogP contribution in [-0.2, 0) is 9.84 Å². The predicted octanol–water partition coefficient (Wildman–Crippen LogP) is 3.77. The Morgan fingerprint density at radius 3 is 2.27 bits per heavy atom. The Morgan fingerprint density at radius 1 is 1.09 bits per heavy atom. The Kier molecular flexibility index (Phi) is 5.40. The van der Waals surface area contributed by atoms with Crippen LogP contribution >= 0.6 is 11.6 Å². The summed E-state index contributed by atoms with van der Waals surface area (Å²) in [6, 6.07) is 14.0. The molecule has 3 nitrogen and oxygen atoms in total. The Balaban J connectivity index is 2.07. The van der Waals surface area contributed by atoms with Crippen molar-refractivity contribution in [2.45, 2.75) is 13.0 Å². The molecule has 0 fully saturated rings. The Bertz CT molecular complexity index is 747. The number of sulfone groups is 1. The maximum absolute atomic E-state index is 12.0. The fraction of sp³-hybridized carbons (Fsp3) is 0.176. The summed E-state index contributed by atoms with van der Waals surface area (Å²) in [6.07, 6.45) is 0.452. The molecule has 0 radical (unpaired) electrons. The molecule has 116 valence electrons. The Hall–Kier alpha value is -1.62. The Morgan fingerprint density at radius 2 is 1.68 bits per heavy atom. The third-order valence-corrected chi connectivity index (χ3v) is 4.77. The van der Waals surface area contributed by atoms with E-state index in [-0.39, 0.29) is 5.75 Å². The van der Waals surface area contributed by atoms with Gasteiger partial charge in [-0.15, -0.1) is 0 Å². The summed E-state index contributed by atoms with van der Waals surface area (Å²) in [4.78, 5) is 0. The zero-order valence-corrected chi connectivity index (χ0v) is 13.7. The highest BCUT2D eigenvalue weighted by molar-refractivity contribution is 7.94. The first-order valence-corrected chi connectivity index (χ1v) is 8.86. The molecule has 22 heavy (non-hydrogen) atoms. The second kappa shape index (κ2) is 7.09. The van der Waals surface area contributed by atoms with Crippen LogP contribution in [0, 0.1) is 6.92 Å². The number of benzene rings is 2. The summed E-state index contributed by atoms with van der Waals surface area (Å²) in [7, 11) is -3.51. The van der Waals surface area contributed by atoms with Gasteiger partial charge in [-0.25, -0.2) is 8.42 Å². The quantitative estimate of drug-likeness (QED) is 0.904. The van der Waals surface area contributed by atoms with E-state index in [0.29, 0.717) is 10.6 Å². The minimum absolute atomic E-state index is 0.347. The number of hydrogen-bond donors (Lipinski definition) is 1. The van der Waals surface area contributed by atoms with E-state index < -0.39 is 15.9 Å². The largest absolute Gasteiger partial charge is 0.387 e. The number of halogens is 1. The summed E-state index contributed by atoms with van der Waals surface area (Å²) in [5, 5.41) is 11.8. The van der Waals surface area contributed by atoms with Crippen LogP contribution in [0.1, 0.15) is 22.8 Å². The van der Waals surface area contributed by atoms with Crippen molar-refractivity contribution in [3.63, 3.8) is 0 Å². The maximum atomic E-state index is 12.0. The van der Waals surface area contributed by atoms with Crippen LogP contribution in [0.4, 0.5) is 0 Å². The van der Waals surface area contributed by atoms with Gasteiger partial charge in [0.1, 0.15) is 0 Å². The number of rotatable bonds is 5. The third-order valence-electron chi connectivity index (χ3n) is 3.19. The monoisotopic (exact) mass is 336 g/mol. The molecule has 2 aromatic carbocycles. The van der Waals surface area contributed by atoms with E-state index >= 15 is 0 Å². The second-order valence-electron chi connectivity index (χ2n) is 5.11. The first kappa shape index (κ1) is 16.7. The molecule has 0 heterocycles. The highest BCUT2D eigenvalue weighted by atomic mass is 35.5. The topological polar surface area (TPSA) is 54.4 Å². The molecule has 0 spiro atoms. The van der Waals surface area contributed by atoms with Gasteiger partial charge in [0.2, 0.25) is 0 Å². The van der Waals surface area contributed by atoms with Crippen molar-refractivity contribution in [1.29, 1.82) is 0 Å². The highest BCUT2D eigenvalue weighted by Gasteiger charge is 2.16. The third kappa shape index (κ3) is 4.98. The van der Waals surface area contributed by atoms with Crippen LogP contribution < -0.4 is 0 Å². The number of aliphatic hydroxyl groups excluding tert-OH is 1. The summed E-state index contributed by atoms with van der Waals surface area (Å²) in [5.74, 6) is -0.347. The van der Waals surface area contributed by atoms with Gasteiger partial charge in [-0.1, -0.05) is 53.6 Å². The van der Waals surface area contributed by atoms with Gasteiger partial charge < -0.3 is 5.11 Å². The van der Waals surface area contributed by atoms with E-state index in [2.05, 4.69) is 0 Å². The Labute approximate surface area is 135 Å². The van der Waals surface area contributed by atoms with Gasteiger partial charge in [-0.05, 0) is 36.3 Å². The second-order valence-corrected chi connectivity index (χ2v) is 7.48. The molecule has 2 aromatic rings. The van der Waals surface area contributed by atoms with Gasteiger partial charge in [-0.2, -0.15) is 0 Å². The average Bonchev–Trinajstić information content (AvgIpc) is 2.47. The van der Waals surface area contributed by atoms with Gasteiger partial charge >= 0.3 is 0 Å². The van der Waals surface area contributed by atoms with Crippen LogP contribution in [0.5, 0.6) is 0 Å². The molecule has 1 unspecified atom stereocenters. The summed E-state index contributed by atoms with van der Waals surface area (Å²) in [5.41, 5.74) is 2.38. The van der Waals surface area contributed by atoms with Crippen molar-refractivity contribution in [2.75, 3.05) is 5.75 Å². The summed E-state index contributed by atoms with van der Waals surface area (Å²) < 4.78 is 24.1. The molecule has 5 heteroatoms. The molecule has 1 atom stereocenters. The van der Waals surface area contributed by atoms with E-state index in [4.69, 9.17) is 11.6 Å². The minimum Gasteiger partial charge on any atom is -0.387 e. The molecule has 0 saturated heterocycles. The molecule has 1 N–H and O–H groups in total. The van der Waals surface area contributed by atoms with Crippen molar-refractivity contribution in [3.05, 3.63) is 75.7 Å². The zero-order valence-electron chi connectivity index (χ0n) is 12.1. The minimum atomic E-state index is -3.51. The van der Waals surface area contributed by atoms with Gasteiger partial charge in [0.15, 0.2) is 9.84 Å². The number of aryl methyl sites for hydroxylation is 1. The van der Waals surface area contributed by atoms with E-state index in [1.165, 1.54) is 6.08 Å². The van der Waals surface area contributed by atoms with Crippen LogP contribution in [-0.4, -0.2) is 19.3 Å². The lowest BCUT2D eigenvalue weighted by Crippen LogP contribution is -2.12. The van der Waals surface area contributed by atoms with Crippen molar-refractivity contribution in [1.82, 2.24) is 0 Å². The number of aliphatic hydroxyl groups is 1. The normalized spacial score (nSPS) is 13.4. The fourth-order valence-corrected chi connectivity index (χ4v) is 3.15. The van der Waals surface area contributed by atoms with E-state index in [1.54, 1.807) is 36.4 Å². The molecule has 0 saturated carbocycles. The molecule has 0 aliphatic rings. The van der Waals surface area contributed by atoms with Crippen LogP contribution in [0.3, 0.4) is 0 Å². The SMILES string of the molecule is Cc1ccc(C(O)CS(=O)(=O)/C=C/c2ccc(Cl)cc2)cc1. The summed E-state index contributed by atoms with van der Waals surface area (Å²) in [6.45, 7) is 1.93. The van der Waals surface area contributed by atoms with Gasteiger partial charge in [0.05, 0.1) is 11.9 Å². The van der Waals surface area contributed by atoms with Crippen LogP contribution in [0.25, 0.3) is 6.08 Å². The molecule has 0 bridgehead atoms. The standard InChI is InChI=1S/C17H17ClO3S/c1-13-2-6-15(7-3-13)17(19)12-22(20,21)11-10-14-4-8-16(18)9-5-14/h2-11,17,19H,12H2,1H3/b11-10+. The lowest BCUT2D eigenvalue weighted by atomic mass is 10.1. The molecule has 0 amide bonds. The average molecular weight is 337 g/mol. The zero-order chi connectivity index (χ0) is 16.2. The van der Waals surface area contributed by atoms with E-state index in [1.807, 2.05) is 19.1 Å². The fourth-order valence-electron chi connectivity index (χ4n) is 1.92. The van der Waals surface area contributed by atoms with Crippen molar-refractivity contribution < 1.29 is 13.5 Å². The highest BCUT2D eigenvalue weighted by Crippen LogP contribution is 2.17. The van der Waals surface area contributed by atoms with E-state index in [9.17, 15) is 13.5 Å².